The van der Waals surface area contributed by atoms with E-state index < -0.39 is 17.9 Å². The highest BCUT2D eigenvalue weighted by Crippen LogP contribution is 2.27. The van der Waals surface area contributed by atoms with Crippen LogP contribution in [-0.2, 0) is 0 Å². The van der Waals surface area contributed by atoms with Gasteiger partial charge in [0.25, 0.3) is 0 Å². The van der Waals surface area contributed by atoms with E-state index in [1.807, 2.05) is 0 Å². The Labute approximate surface area is 132 Å². The SMILES string of the molecule is Cc1nc2nonc2c(N)c1C(=O)c1ccc(OC(F)(F)F)cc1. The summed E-state index contributed by atoms with van der Waals surface area (Å²) in [4.78, 5) is 16.7. The molecule has 3 rings (SSSR count). The van der Waals surface area contributed by atoms with Crippen molar-refractivity contribution in [2.45, 2.75) is 13.3 Å². The van der Waals surface area contributed by atoms with E-state index in [4.69, 9.17) is 5.73 Å². The van der Waals surface area contributed by atoms with E-state index in [0.29, 0.717) is 5.69 Å². The number of nitrogens with zero attached hydrogens (tertiary/aromatic N) is 3. The highest BCUT2D eigenvalue weighted by molar-refractivity contribution is 6.15. The number of aromatic nitrogens is 3. The van der Waals surface area contributed by atoms with Gasteiger partial charge in [-0.2, -0.15) is 0 Å². The molecule has 0 spiro atoms. The van der Waals surface area contributed by atoms with Crippen LogP contribution in [0.1, 0.15) is 21.6 Å². The van der Waals surface area contributed by atoms with Crippen LogP contribution in [0, 0.1) is 6.92 Å². The van der Waals surface area contributed by atoms with Gasteiger partial charge in [-0.05, 0) is 41.5 Å². The Bertz CT molecular complexity index is 919. The fourth-order valence-electron chi connectivity index (χ4n) is 2.19. The van der Waals surface area contributed by atoms with Crippen molar-refractivity contribution in [2.24, 2.45) is 0 Å². The van der Waals surface area contributed by atoms with Crippen molar-refractivity contribution in [3.63, 3.8) is 0 Å². The fourth-order valence-corrected chi connectivity index (χ4v) is 2.19. The van der Waals surface area contributed by atoms with Crippen LogP contribution in [-0.4, -0.2) is 27.4 Å². The zero-order chi connectivity index (χ0) is 17.5. The molecule has 3 aromatic rings. The Morgan fingerprint density at radius 1 is 1.21 bits per heavy atom. The number of alkyl halides is 3. The monoisotopic (exact) mass is 338 g/mol. The minimum absolute atomic E-state index is 0.0411. The van der Waals surface area contributed by atoms with Gasteiger partial charge in [-0.3, -0.25) is 4.79 Å². The molecule has 10 heteroatoms. The maximum absolute atomic E-state index is 12.6. The maximum Gasteiger partial charge on any atom is 0.573 e. The number of rotatable bonds is 3. The van der Waals surface area contributed by atoms with Gasteiger partial charge in [0.1, 0.15) is 5.75 Å². The number of carbonyl (C=O) groups excluding carboxylic acids is 1. The molecule has 0 amide bonds. The summed E-state index contributed by atoms with van der Waals surface area (Å²) < 4.78 is 44.7. The molecule has 0 aliphatic heterocycles. The van der Waals surface area contributed by atoms with E-state index in [2.05, 4.69) is 24.7 Å². The lowest BCUT2D eigenvalue weighted by Gasteiger charge is -2.10. The molecule has 2 N–H and O–H groups in total. The molecule has 0 fully saturated rings. The normalized spacial score (nSPS) is 11.7. The summed E-state index contributed by atoms with van der Waals surface area (Å²) in [5, 5.41) is 7.13. The van der Waals surface area contributed by atoms with Crippen LogP contribution in [0.4, 0.5) is 18.9 Å². The standard InChI is InChI=1S/C14H9F3N4O3/c1-6-9(10(18)11-13(19-6)21-24-20-11)12(22)7-2-4-8(5-3-7)23-14(15,16)17/h2-5H,18H2,1H3. The van der Waals surface area contributed by atoms with Crippen molar-refractivity contribution in [1.29, 1.82) is 0 Å². The number of fused-ring (bicyclic) bond motifs is 1. The molecule has 0 radical (unpaired) electrons. The molecule has 0 atom stereocenters. The topological polar surface area (TPSA) is 104 Å². The van der Waals surface area contributed by atoms with Gasteiger partial charge in [-0.1, -0.05) is 0 Å². The zero-order valence-electron chi connectivity index (χ0n) is 12.1. The van der Waals surface area contributed by atoms with Gasteiger partial charge in [0, 0.05) is 5.56 Å². The third-order valence-corrected chi connectivity index (χ3v) is 3.21. The van der Waals surface area contributed by atoms with Crippen LogP contribution < -0.4 is 10.5 Å². The molecule has 7 nitrogen and oxygen atoms in total. The minimum Gasteiger partial charge on any atom is -0.406 e. The molecule has 0 aliphatic rings. The number of pyridine rings is 1. The number of aryl methyl sites for hydroxylation is 1. The average Bonchev–Trinajstić information content (AvgIpc) is 2.94. The molecular weight excluding hydrogens is 329 g/mol. The number of hydrogen-bond donors (Lipinski definition) is 1. The number of benzene rings is 1. The molecule has 0 unspecified atom stereocenters. The first-order chi connectivity index (χ1) is 11.3. The van der Waals surface area contributed by atoms with E-state index in [0.717, 1.165) is 12.1 Å². The number of ether oxygens (including phenoxy) is 1. The molecule has 24 heavy (non-hydrogen) atoms. The van der Waals surface area contributed by atoms with Crippen molar-refractivity contribution in [1.82, 2.24) is 15.3 Å². The number of ketones is 1. The first-order valence-corrected chi connectivity index (χ1v) is 6.55. The van der Waals surface area contributed by atoms with Gasteiger partial charge < -0.3 is 10.5 Å². The zero-order valence-corrected chi connectivity index (χ0v) is 12.1. The third-order valence-electron chi connectivity index (χ3n) is 3.21. The van der Waals surface area contributed by atoms with E-state index >= 15 is 0 Å². The summed E-state index contributed by atoms with van der Waals surface area (Å²) in [6, 6.07) is 4.48. The molecule has 1 aromatic carbocycles. The first kappa shape index (κ1) is 15.7. The molecule has 2 heterocycles. The lowest BCUT2D eigenvalue weighted by molar-refractivity contribution is -0.274. The second-order valence-electron chi connectivity index (χ2n) is 4.82. The quantitative estimate of drug-likeness (QED) is 0.732. The molecule has 0 saturated heterocycles. The molecule has 124 valence electrons. The van der Waals surface area contributed by atoms with Crippen LogP contribution >= 0.6 is 0 Å². The van der Waals surface area contributed by atoms with Crippen molar-refractivity contribution in [2.75, 3.05) is 5.73 Å². The van der Waals surface area contributed by atoms with Crippen LogP contribution in [0.25, 0.3) is 11.2 Å². The number of halogens is 3. The summed E-state index contributed by atoms with van der Waals surface area (Å²) in [5.74, 6) is -0.945. The third kappa shape index (κ3) is 2.85. The molecule has 0 aliphatic carbocycles. The van der Waals surface area contributed by atoms with E-state index in [-0.39, 0.29) is 28.0 Å². The van der Waals surface area contributed by atoms with Gasteiger partial charge in [-0.25, -0.2) is 9.61 Å². The van der Waals surface area contributed by atoms with Gasteiger partial charge in [0.15, 0.2) is 11.3 Å². The van der Waals surface area contributed by atoms with Crippen molar-refractivity contribution >= 4 is 22.6 Å². The number of hydrogen-bond acceptors (Lipinski definition) is 7. The summed E-state index contributed by atoms with van der Waals surface area (Å²) in [5.41, 5.74) is 6.77. The Morgan fingerprint density at radius 3 is 2.50 bits per heavy atom. The van der Waals surface area contributed by atoms with Crippen LogP contribution in [0.15, 0.2) is 28.9 Å². The van der Waals surface area contributed by atoms with Gasteiger partial charge >= 0.3 is 6.36 Å². The van der Waals surface area contributed by atoms with Gasteiger partial charge in [0.05, 0.1) is 16.9 Å². The highest BCUT2D eigenvalue weighted by atomic mass is 19.4. The van der Waals surface area contributed by atoms with Crippen LogP contribution in [0.5, 0.6) is 5.75 Å². The highest BCUT2D eigenvalue weighted by Gasteiger charge is 2.31. The smallest absolute Gasteiger partial charge is 0.406 e. The second kappa shape index (κ2) is 5.48. The minimum atomic E-state index is -4.80. The molecule has 2 aromatic heterocycles. The maximum atomic E-state index is 12.6. The van der Waals surface area contributed by atoms with E-state index in [9.17, 15) is 18.0 Å². The van der Waals surface area contributed by atoms with Crippen LogP contribution in [0.2, 0.25) is 0 Å². The average molecular weight is 338 g/mol. The van der Waals surface area contributed by atoms with Crippen molar-refractivity contribution < 1.29 is 27.3 Å². The number of carbonyl (C=O) groups is 1. The summed E-state index contributed by atoms with van der Waals surface area (Å²) in [6.07, 6.45) is -4.80. The van der Waals surface area contributed by atoms with E-state index in [1.165, 1.54) is 12.1 Å². The Balaban J connectivity index is 1.97. The number of nitrogen functional groups attached to an aromatic ring is 1. The Morgan fingerprint density at radius 2 is 1.88 bits per heavy atom. The van der Waals surface area contributed by atoms with E-state index in [1.54, 1.807) is 6.92 Å². The number of nitrogens with two attached hydrogens (primary N) is 1. The Kier molecular flexibility index (Phi) is 3.59. The van der Waals surface area contributed by atoms with Crippen molar-refractivity contribution in [3.05, 3.63) is 41.1 Å². The second-order valence-corrected chi connectivity index (χ2v) is 4.82. The lowest BCUT2D eigenvalue weighted by atomic mass is 10.00. The van der Waals surface area contributed by atoms with Gasteiger partial charge in [-0.15, -0.1) is 13.2 Å². The van der Waals surface area contributed by atoms with Crippen LogP contribution in [0.3, 0.4) is 0 Å². The molecule has 0 bridgehead atoms. The fraction of sp³-hybridized carbons (Fsp3) is 0.143. The Hall–Kier alpha value is -3.17. The molecular formula is C14H9F3N4O3. The van der Waals surface area contributed by atoms with Crippen molar-refractivity contribution in [3.8, 4) is 5.75 Å². The predicted octanol–water partition coefficient (Wildman–Crippen LogP) is 2.64. The number of anilines is 1. The summed E-state index contributed by atoms with van der Waals surface area (Å²) in [6.45, 7) is 1.55. The lowest BCUT2D eigenvalue weighted by Crippen LogP contribution is -2.17. The summed E-state index contributed by atoms with van der Waals surface area (Å²) >= 11 is 0. The largest absolute Gasteiger partial charge is 0.573 e. The molecule has 0 saturated carbocycles. The summed E-state index contributed by atoms with van der Waals surface area (Å²) in [7, 11) is 0. The first-order valence-electron chi connectivity index (χ1n) is 6.55. The predicted molar refractivity (Wildman–Crippen MR) is 75.3 cm³/mol. The van der Waals surface area contributed by atoms with Gasteiger partial charge in [0.2, 0.25) is 5.65 Å².